The quantitative estimate of drug-likeness (QED) is 0.524. The summed E-state index contributed by atoms with van der Waals surface area (Å²) in [6.45, 7) is 1.41. The molecule has 0 heterocycles. The fourth-order valence-electron chi connectivity index (χ4n) is 6.10. The van der Waals surface area contributed by atoms with Gasteiger partial charge in [-0.25, -0.2) is 0 Å². The summed E-state index contributed by atoms with van der Waals surface area (Å²) in [5.41, 5.74) is 2.32. The number of rotatable bonds is 6. The van der Waals surface area contributed by atoms with E-state index in [4.69, 9.17) is 16.3 Å². The first-order valence-corrected chi connectivity index (χ1v) is 11.7. The molecule has 0 radical (unpaired) electrons. The molecule has 4 bridgehead atoms. The fourth-order valence-corrected chi connectivity index (χ4v) is 6.72. The van der Waals surface area contributed by atoms with E-state index >= 15 is 0 Å². The van der Waals surface area contributed by atoms with Crippen molar-refractivity contribution in [1.82, 2.24) is 5.32 Å². The Balaban J connectivity index is 1.26. The molecule has 1 N–H and O–H groups in total. The van der Waals surface area contributed by atoms with E-state index in [0.717, 1.165) is 51.0 Å². The highest BCUT2D eigenvalue weighted by molar-refractivity contribution is 9.10. The highest BCUT2D eigenvalue weighted by atomic mass is 79.9. The zero-order chi connectivity index (χ0) is 19.1. The second kappa shape index (κ2) is 8.01. The maximum Gasteiger partial charge on any atom is 0.124 e. The van der Waals surface area contributed by atoms with Gasteiger partial charge in [-0.15, -0.1) is 0 Å². The lowest BCUT2D eigenvalue weighted by Gasteiger charge is -2.54. The van der Waals surface area contributed by atoms with Gasteiger partial charge in [0, 0.05) is 27.6 Å². The van der Waals surface area contributed by atoms with E-state index in [0.29, 0.717) is 12.6 Å². The summed E-state index contributed by atoms with van der Waals surface area (Å²) < 4.78 is 7.27. The van der Waals surface area contributed by atoms with Crippen LogP contribution in [0.3, 0.4) is 0 Å². The monoisotopic (exact) mass is 459 g/mol. The van der Waals surface area contributed by atoms with Crippen molar-refractivity contribution in [3.05, 3.63) is 63.1 Å². The molecule has 6 rings (SSSR count). The van der Waals surface area contributed by atoms with Crippen LogP contribution in [-0.4, -0.2) is 6.04 Å². The molecule has 0 aromatic heterocycles. The lowest BCUT2D eigenvalue weighted by atomic mass is 9.54. The van der Waals surface area contributed by atoms with Crippen molar-refractivity contribution in [1.29, 1.82) is 0 Å². The summed E-state index contributed by atoms with van der Waals surface area (Å²) in [5.74, 6) is 4.77. The molecule has 2 nitrogen and oxygen atoms in total. The zero-order valence-electron chi connectivity index (χ0n) is 16.0. The molecule has 28 heavy (non-hydrogen) atoms. The van der Waals surface area contributed by atoms with E-state index in [-0.39, 0.29) is 0 Å². The van der Waals surface area contributed by atoms with Crippen LogP contribution in [-0.2, 0) is 13.2 Å². The van der Waals surface area contributed by atoms with Crippen LogP contribution in [0.15, 0.2) is 46.9 Å². The van der Waals surface area contributed by atoms with Crippen LogP contribution in [0.25, 0.3) is 0 Å². The van der Waals surface area contributed by atoms with E-state index in [9.17, 15) is 0 Å². The van der Waals surface area contributed by atoms with Crippen LogP contribution in [0.1, 0.15) is 43.2 Å². The average Bonchev–Trinajstić information content (AvgIpc) is 2.66. The molecule has 0 spiro atoms. The van der Waals surface area contributed by atoms with Gasteiger partial charge in [-0.05, 0) is 91.7 Å². The van der Waals surface area contributed by atoms with E-state index in [1.807, 2.05) is 18.2 Å². The van der Waals surface area contributed by atoms with Gasteiger partial charge in [0.15, 0.2) is 0 Å². The Labute approximate surface area is 181 Å². The molecule has 2 aromatic rings. The minimum Gasteiger partial charge on any atom is -0.489 e. The molecule has 4 aliphatic carbocycles. The average molecular weight is 461 g/mol. The fraction of sp³-hybridized carbons (Fsp3) is 0.500. The summed E-state index contributed by atoms with van der Waals surface area (Å²) >= 11 is 9.73. The van der Waals surface area contributed by atoms with Crippen molar-refractivity contribution in [3.8, 4) is 5.75 Å². The third kappa shape index (κ3) is 3.99. The molecule has 0 atom stereocenters. The summed E-state index contributed by atoms with van der Waals surface area (Å²) in [6, 6.07) is 14.9. The Morgan fingerprint density at radius 1 is 0.964 bits per heavy atom. The van der Waals surface area contributed by atoms with E-state index in [2.05, 4.69) is 45.5 Å². The molecule has 0 unspecified atom stereocenters. The molecule has 0 aliphatic heterocycles. The Kier molecular flexibility index (Phi) is 5.42. The van der Waals surface area contributed by atoms with Crippen molar-refractivity contribution in [2.24, 2.45) is 23.7 Å². The van der Waals surface area contributed by atoms with E-state index in [1.54, 1.807) is 0 Å². The first-order chi connectivity index (χ1) is 13.6. The number of hydrogen-bond donors (Lipinski definition) is 1. The number of nitrogens with one attached hydrogen (secondary N) is 1. The normalized spacial score (nSPS) is 30.6. The molecular formula is C24H27BrClNO. The van der Waals surface area contributed by atoms with Crippen LogP contribution < -0.4 is 10.1 Å². The van der Waals surface area contributed by atoms with E-state index in [1.165, 1.54) is 37.7 Å². The third-order valence-corrected chi connectivity index (χ3v) is 7.79. The van der Waals surface area contributed by atoms with Crippen molar-refractivity contribution in [2.45, 2.75) is 51.3 Å². The van der Waals surface area contributed by atoms with Gasteiger partial charge >= 0.3 is 0 Å². The van der Waals surface area contributed by atoms with Crippen LogP contribution >= 0.6 is 27.5 Å². The van der Waals surface area contributed by atoms with Gasteiger partial charge in [0.25, 0.3) is 0 Å². The molecular weight excluding hydrogens is 434 g/mol. The number of ether oxygens (including phenoxy) is 1. The highest BCUT2D eigenvalue weighted by Gasteiger charge is 2.47. The van der Waals surface area contributed by atoms with Crippen molar-refractivity contribution in [3.63, 3.8) is 0 Å². The molecule has 4 saturated carbocycles. The second-order valence-electron chi connectivity index (χ2n) is 9.01. The lowest BCUT2D eigenvalue weighted by molar-refractivity contribution is -0.0143. The van der Waals surface area contributed by atoms with Crippen molar-refractivity contribution in [2.75, 3.05) is 0 Å². The van der Waals surface area contributed by atoms with Crippen LogP contribution in [0.4, 0.5) is 0 Å². The third-order valence-electron chi connectivity index (χ3n) is 7.06. The first kappa shape index (κ1) is 19.0. The number of benzene rings is 2. The van der Waals surface area contributed by atoms with Gasteiger partial charge in [0.05, 0.1) is 0 Å². The van der Waals surface area contributed by atoms with Crippen molar-refractivity contribution < 1.29 is 4.74 Å². The summed E-state index contributed by atoms with van der Waals surface area (Å²) in [6.07, 6.45) is 7.29. The topological polar surface area (TPSA) is 21.3 Å². The second-order valence-corrected chi connectivity index (χ2v) is 10.4. The van der Waals surface area contributed by atoms with Gasteiger partial charge < -0.3 is 10.1 Å². The van der Waals surface area contributed by atoms with Gasteiger partial charge in [0.2, 0.25) is 0 Å². The highest BCUT2D eigenvalue weighted by Crippen LogP contribution is 2.53. The van der Waals surface area contributed by atoms with Gasteiger partial charge in [-0.3, -0.25) is 0 Å². The summed E-state index contributed by atoms with van der Waals surface area (Å²) in [7, 11) is 0. The minimum absolute atomic E-state index is 0.535. The molecule has 4 aliphatic rings. The number of halogens is 2. The first-order valence-electron chi connectivity index (χ1n) is 10.5. The molecule has 4 fully saturated rings. The number of hydrogen-bond acceptors (Lipinski definition) is 2. The van der Waals surface area contributed by atoms with E-state index < -0.39 is 0 Å². The zero-order valence-corrected chi connectivity index (χ0v) is 18.4. The molecule has 0 saturated heterocycles. The molecule has 148 valence electrons. The molecule has 2 aromatic carbocycles. The maximum atomic E-state index is 6.17. The largest absolute Gasteiger partial charge is 0.489 e. The predicted molar refractivity (Wildman–Crippen MR) is 118 cm³/mol. The molecule has 0 amide bonds. The maximum absolute atomic E-state index is 6.17. The summed E-state index contributed by atoms with van der Waals surface area (Å²) in [5, 5.41) is 4.68. The molecule has 4 heteroatoms. The Hall–Kier alpha value is -1.03. The Morgan fingerprint density at radius 3 is 2.43 bits per heavy atom. The van der Waals surface area contributed by atoms with Crippen LogP contribution in [0.5, 0.6) is 5.75 Å². The van der Waals surface area contributed by atoms with Crippen molar-refractivity contribution >= 4 is 27.5 Å². The Morgan fingerprint density at radius 2 is 1.71 bits per heavy atom. The van der Waals surface area contributed by atoms with Crippen LogP contribution in [0, 0.1) is 23.7 Å². The lowest BCUT2D eigenvalue weighted by Crippen LogP contribution is -2.54. The Bertz CT molecular complexity index is 826. The SMILES string of the molecule is Clc1cccc(COc2ccc(Br)cc2CNC2C3CC4CC(C3)CC2C4)c1. The van der Waals surface area contributed by atoms with Gasteiger partial charge in [-0.2, -0.15) is 0 Å². The standard InChI is InChI=1S/C24H27BrClNO/c25-21-4-5-23(28-14-15-2-1-3-22(26)11-15)20(12-21)13-27-24-18-7-16-6-17(9-18)10-19(24)8-16/h1-5,11-12,16-19,24,27H,6-10,13-14H2. The van der Waals surface area contributed by atoms with Gasteiger partial charge in [0.1, 0.15) is 12.4 Å². The van der Waals surface area contributed by atoms with Crippen LogP contribution in [0.2, 0.25) is 5.02 Å². The smallest absolute Gasteiger partial charge is 0.124 e. The van der Waals surface area contributed by atoms with Gasteiger partial charge in [-0.1, -0.05) is 39.7 Å². The minimum atomic E-state index is 0.535. The summed E-state index contributed by atoms with van der Waals surface area (Å²) in [4.78, 5) is 0. The predicted octanol–water partition coefficient (Wildman–Crippen LogP) is 6.60.